The smallest absolute Gasteiger partial charge is 0.220 e. The fourth-order valence-corrected chi connectivity index (χ4v) is 2.45. The standard InChI is InChI=1S/C13H22N2OS/c1-9(8-14)4-7-13(16)15-11(3)12-6-5-10(2)17-12/h5-6,9,11H,4,7-8,14H2,1-3H3,(H,15,16). The van der Waals surface area contributed by atoms with Gasteiger partial charge in [-0.05, 0) is 44.9 Å². The van der Waals surface area contributed by atoms with E-state index in [4.69, 9.17) is 5.73 Å². The first-order valence-electron chi connectivity index (χ1n) is 6.08. The Balaban J connectivity index is 2.36. The van der Waals surface area contributed by atoms with Crippen LogP contribution < -0.4 is 11.1 Å². The molecule has 96 valence electrons. The van der Waals surface area contributed by atoms with E-state index in [0.29, 0.717) is 18.9 Å². The summed E-state index contributed by atoms with van der Waals surface area (Å²) in [5, 5.41) is 3.02. The molecule has 3 N–H and O–H groups in total. The van der Waals surface area contributed by atoms with Crippen LogP contribution in [0.2, 0.25) is 0 Å². The first-order chi connectivity index (χ1) is 8.02. The minimum Gasteiger partial charge on any atom is -0.349 e. The lowest BCUT2D eigenvalue weighted by molar-refractivity contribution is -0.122. The SMILES string of the molecule is Cc1ccc(C(C)NC(=O)CCC(C)CN)s1. The van der Waals surface area contributed by atoms with Gasteiger partial charge in [0.2, 0.25) is 5.91 Å². The zero-order valence-electron chi connectivity index (χ0n) is 10.8. The molecule has 0 aliphatic carbocycles. The number of aryl methyl sites for hydroxylation is 1. The van der Waals surface area contributed by atoms with Crippen LogP contribution in [0.4, 0.5) is 0 Å². The lowest BCUT2D eigenvalue weighted by atomic mass is 10.1. The number of hydrogen-bond donors (Lipinski definition) is 2. The maximum atomic E-state index is 11.7. The fourth-order valence-electron chi connectivity index (χ4n) is 1.57. The molecule has 0 spiro atoms. The Morgan fingerprint density at radius 2 is 2.18 bits per heavy atom. The van der Waals surface area contributed by atoms with Crippen molar-refractivity contribution >= 4 is 17.2 Å². The number of nitrogens with one attached hydrogen (secondary N) is 1. The first-order valence-corrected chi connectivity index (χ1v) is 6.90. The Morgan fingerprint density at radius 1 is 1.47 bits per heavy atom. The lowest BCUT2D eigenvalue weighted by Crippen LogP contribution is -2.26. The van der Waals surface area contributed by atoms with E-state index in [1.807, 2.05) is 6.92 Å². The summed E-state index contributed by atoms with van der Waals surface area (Å²) in [5.41, 5.74) is 5.52. The molecule has 0 radical (unpaired) electrons. The molecule has 1 heterocycles. The summed E-state index contributed by atoms with van der Waals surface area (Å²) in [4.78, 5) is 14.2. The highest BCUT2D eigenvalue weighted by atomic mass is 32.1. The molecule has 2 atom stereocenters. The number of nitrogens with two attached hydrogens (primary N) is 1. The molecule has 3 nitrogen and oxygen atoms in total. The quantitative estimate of drug-likeness (QED) is 0.820. The highest BCUT2D eigenvalue weighted by Crippen LogP contribution is 2.22. The highest BCUT2D eigenvalue weighted by Gasteiger charge is 2.11. The number of rotatable bonds is 6. The van der Waals surface area contributed by atoms with Crippen LogP contribution in [0.5, 0.6) is 0 Å². The molecular formula is C13H22N2OS. The zero-order valence-corrected chi connectivity index (χ0v) is 11.6. The van der Waals surface area contributed by atoms with Crippen LogP contribution in [-0.2, 0) is 4.79 Å². The Morgan fingerprint density at radius 3 is 2.71 bits per heavy atom. The van der Waals surface area contributed by atoms with Crippen molar-refractivity contribution in [3.8, 4) is 0 Å². The van der Waals surface area contributed by atoms with Crippen molar-refractivity contribution in [1.29, 1.82) is 0 Å². The monoisotopic (exact) mass is 254 g/mol. The molecule has 4 heteroatoms. The largest absolute Gasteiger partial charge is 0.349 e. The van der Waals surface area contributed by atoms with Crippen LogP contribution in [0.1, 0.15) is 42.5 Å². The van der Waals surface area contributed by atoms with Crippen molar-refractivity contribution in [2.45, 2.75) is 39.7 Å². The van der Waals surface area contributed by atoms with Gasteiger partial charge in [0.15, 0.2) is 0 Å². The number of hydrogen-bond acceptors (Lipinski definition) is 3. The van der Waals surface area contributed by atoms with Gasteiger partial charge in [0.05, 0.1) is 6.04 Å². The van der Waals surface area contributed by atoms with Gasteiger partial charge in [0.1, 0.15) is 0 Å². The molecule has 0 aromatic carbocycles. The van der Waals surface area contributed by atoms with E-state index in [1.165, 1.54) is 9.75 Å². The molecule has 1 aromatic heterocycles. The molecular weight excluding hydrogens is 232 g/mol. The van der Waals surface area contributed by atoms with E-state index >= 15 is 0 Å². The van der Waals surface area contributed by atoms with Crippen LogP contribution in [-0.4, -0.2) is 12.5 Å². The second kappa shape index (κ2) is 6.77. The topological polar surface area (TPSA) is 55.1 Å². The predicted molar refractivity (Wildman–Crippen MR) is 73.1 cm³/mol. The average Bonchev–Trinajstić information content (AvgIpc) is 2.72. The molecule has 0 aliphatic heterocycles. The molecule has 0 saturated carbocycles. The van der Waals surface area contributed by atoms with Crippen molar-refractivity contribution in [3.05, 3.63) is 21.9 Å². The summed E-state index contributed by atoms with van der Waals surface area (Å²) in [5.74, 6) is 0.531. The molecule has 1 aromatic rings. The van der Waals surface area contributed by atoms with Crippen LogP contribution in [0.25, 0.3) is 0 Å². The Bertz CT molecular complexity index is 362. The van der Waals surface area contributed by atoms with Gasteiger partial charge in [-0.2, -0.15) is 0 Å². The fraction of sp³-hybridized carbons (Fsp3) is 0.615. The average molecular weight is 254 g/mol. The maximum absolute atomic E-state index is 11.7. The van der Waals surface area contributed by atoms with Crippen LogP contribution in [0.3, 0.4) is 0 Å². The van der Waals surface area contributed by atoms with Crippen LogP contribution in [0, 0.1) is 12.8 Å². The molecule has 1 amide bonds. The van der Waals surface area contributed by atoms with Crippen molar-refractivity contribution < 1.29 is 4.79 Å². The molecule has 0 bridgehead atoms. The van der Waals surface area contributed by atoms with E-state index in [9.17, 15) is 4.79 Å². The van der Waals surface area contributed by atoms with Crippen LogP contribution in [0.15, 0.2) is 12.1 Å². The van der Waals surface area contributed by atoms with E-state index < -0.39 is 0 Å². The maximum Gasteiger partial charge on any atom is 0.220 e. The molecule has 17 heavy (non-hydrogen) atoms. The van der Waals surface area contributed by atoms with E-state index in [0.717, 1.165) is 6.42 Å². The third-order valence-corrected chi connectivity index (χ3v) is 4.02. The summed E-state index contributed by atoms with van der Waals surface area (Å²) in [6.45, 7) is 6.81. The summed E-state index contributed by atoms with van der Waals surface area (Å²) in [6.07, 6.45) is 1.42. The highest BCUT2D eigenvalue weighted by molar-refractivity contribution is 7.12. The van der Waals surface area contributed by atoms with Gasteiger partial charge in [0.25, 0.3) is 0 Å². The zero-order chi connectivity index (χ0) is 12.8. The summed E-state index contributed by atoms with van der Waals surface area (Å²) in [6, 6.07) is 4.27. The third-order valence-electron chi connectivity index (χ3n) is 2.83. The first kappa shape index (κ1) is 14.2. The van der Waals surface area contributed by atoms with Crippen molar-refractivity contribution in [2.75, 3.05) is 6.54 Å². The molecule has 2 unspecified atom stereocenters. The van der Waals surface area contributed by atoms with Crippen molar-refractivity contribution in [2.24, 2.45) is 11.7 Å². The van der Waals surface area contributed by atoms with Gasteiger partial charge in [-0.25, -0.2) is 0 Å². The van der Waals surface area contributed by atoms with Crippen LogP contribution >= 0.6 is 11.3 Å². The van der Waals surface area contributed by atoms with E-state index in [2.05, 4.69) is 31.3 Å². The minimum absolute atomic E-state index is 0.106. The third kappa shape index (κ3) is 4.88. The van der Waals surface area contributed by atoms with Gasteiger partial charge in [0, 0.05) is 16.2 Å². The summed E-state index contributed by atoms with van der Waals surface area (Å²) < 4.78 is 0. The van der Waals surface area contributed by atoms with E-state index in [-0.39, 0.29) is 11.9 Å². The van der Waals surface area contributed by atoms with Gasteiger partial charge in [-0.1, -0.05) is 6.92 Å². The van der Waals surface area contributed by atoms with Crippen molar-refractivity contribution in [3.63, 3.8) is 0 Å². The van der Waals surface area contributed by atoms with Gasteiger partial charge < -0.3 is 11.1 Å². The van der Waals surface area contributed by atoms with Gasteiger partial charge in [-0.3, -0.25) is 4.79 Å². The predicted octanol–water partition coefficient (Wildman–Crippen LogP) is 2.61. The van der Waals surface area contributed by atoms with Gasteiger partial charge >= 0.3 is 0 Å². The number of thiophene rings is 1. The second-order valence-electron chi connectivity index (χ2n) is 4.62. The summed E-state index contributed by atoms with van der Waals surface area (Å²) >= 11 is 1.73. The van der Waals surface area contributed by atoms with E-state index in [1.54, 1.807) is 11.3 Å². The Kier molecular flexibility index (Phi) is 5.65. The summed E-state index contributed by atoms with van der Waals surface area (Å²) in [7, 11) is 0. The molecule has 0 fully saturated rings. The normalized spacial score (nSPS) is 14.4. The number of carbonyl (C=O) groups excluding carboxylic acids is 1. The molecule has 0 aliphatic rings. The lowest BCUT2D eigenvalue weighted by Gasteiger charge is -2.13. The minimum atomic E-state index is 0.106. The van der Waals surface area contributed by atoms with Crippen molar-refractivity contribution in [1.82, 2.24) is 5.32 Å². The Hall–Kier alpha value is -0.870. The Labute approximate surface area is 107 Å². The number of amides is 1. The number of carbonyl (C=O) groups is 1. The van der Waals surface area contributed by atoms with Gasteiger partial charge in [-0.15, -0.1) is 11.3 Å². The second-order valence-corrected chi connectivity index (χ2v) is 5.94. The molecule has 0 saturated heterocycles. The molecule has 1 rings (SSSR count).